The van der Waals surface area contributed by atoms with Crippen LogP contribution in [0.5, 0.6) is 17.2 Å². The molecule has 2 aromatic heterocycles. The standard InChI is InChI=1S/C25H32N6O7S/c1-12-22(23(34)35)39-25(27-12)30-24-28-18(10-19(29-24)31-7-6-15(32)20(33)13(31)2)26-11-14-8-16(36-3)21(38-5)17(9-14)37-4/h8-10,13,15,20,32-33H,6-7,11H2,1-5H3,(H,34,35)(H2,26,27,28,29,30). The van der Waals surface area contributed by atoms with Crippen LogP contribution >= 0.6 is 11.3 Å². The van der Waals surface area contributed by atoms with Crippen LogP contribution in [0.1, 0.15) is 34.3 Å². The third-order valence-corrected chi connectivity index (χ3v) is 7.52. The summed E-state index contributed by atoms with van der Waals surface area (Å²) in [6.45, 7) is 4.26. The normalized spacial score (nSPS) is 18.9. The number of piperidine rings is 1. The van der Waals surface area contributed by atoms with Crippen LogP contribution in [-0.2, 0) is 6.54 Å². The van der Waals surface area contributed by atoms with Crippen molar-refractivity contribution in [3.05, 3.63) is 34.3 Å². The number of aliphatic hydroxyl groups is 2. The van der Waals surface area contributed by atoms with Crippen molar-refractivity contribution in [3.63, 3.8) is 0 Å². The number of benzene rings is 1. The van der Waals surface area contributed by atoms with Crippen molar-refractivity contribution < 1.29 is 34.3 Å². The minimum Gasteiger partial charge on any atom is -0.493 e. The molecule has 3 heterocycles. The second-order valence-electron chi connectivity index (χ2n) is 8.97. The van der Waals surface area contributed by atoms with Crippen LogP contribution in [0.2, 0.25) is 0 Å². The third-order valence-electron chi connectivity index (χ3n) is 6.46. The van der Waals surface area contributed by atoms with E-state index in [9.17, 15) is 20.1 Å². The lowest BCUT2D eigenvalue weighted by Crippen LogP contribution is -2.53. The van der Waals surface area contributed by atoms with E-state index in [0.717, 1.165) is 16.9 Å². The summed E-state index contributed by atoms with van der Waals surface area (Å²) in [5, 5.41) is 36.6. The molecular formula is C25H32N6O7S. The Morgan fingerprint density at radius 3 is 2.38 bits per heavy atom. The van der Waals surface area contributed by atoms with Gasteiger partial charge < -0.3 is 39.7 Å². The minimum atomic E-state index is -1.06. The number of hydrogen-bond donors (Lipinski definition) is 5. The summed E-state index contributed by atoms with van der Waals surface area (Å²) in [5.74, 6) is 1.64. The Bertz CT molecular complexity index is 1310. The molecule has 4 rings (SSSR count). The molecule has 13 nitrogen and oxygen atoms in total. The van der Waals surface area contributed by atoms with Crippen LogP contribution in [0.3, 0.4) is 0 Å². The number of hydrogen-bond acceptors (Lipinski definition) is 13. The Hall–Kier alpha value is -3.88. The number of aromatic carboxylic acids is 1. The molecule has 1 aromatic carbocycles. The lowest BCUT2D eigenvalue weighted by molar-refractivity contribution is -0.0123. The van der Waals surface area contributed by atoms with Gasteiger partial charge in [-0.05, 0) is 38.0 Å². The molecule has 0 radical (unpaired) electrons. The highest BCUT2D eigenvalue weighted by molar-refractivity contribution is 7.17. The minimum absolute atomic E-state index is 0.121. The number of carbonyl (C=O) groups is 1. The first kappa shape index (κ1) is 28.1. The maximum atomic E-state index is 11.5. The largest absolute Gasteiger partial charge is 0.493 e. The number of nitrogens with zero attached hydrogens (tertiary/aromatic N) is 4. The van der Waals surface area contributed by atoms with E-state index in [1.807, 2.05) is 24.0 Å². The summed E-state index contributed by atoms with van der Waals surface area (Å²) in [7, 11) is 4.63. The van der Waals surface area contributed by atoms with Crippen LogP contribution in [-0.4, -0.2) is 82.4 Å². The Balaban J connectivity index is 1.66. The van der Waals surface area contributed by atoms with Crippen LogP contribution in [0.15, 0.2) is 18.2 Å². The number of rotatable bonds is 10. The molecule has 1 aliphatic rings. The van der Waals surface area contributed by atoms with Gasteiger partial charge in [0.25, 0.3) is 0 Å². The van der Waals surface area contributed by atoms with Gasteiger partial charge in [-0.15, -0.1) is 0 Å². The number of ether oxygens (including phenoxy) is 3. The lowest BCUT2D eigenvalue weighted by Gasteiger charge is -2.40. The molecule has 3 unspecified atom stereocenters. The fraction of sp³-hybridized carbons (Fsp3) is 0.440. The molecule has 39 heavy (non-hydrogen) atoms. The fourth-order valence-corrected chi connectivity index (χ4v) is 5.18. The van der Waals surface area contributed by atoms with E-state index in [4.69, 9.17) is 14.2 Å². The zero-order valence-corrected chi connectivity index (χ0v) is 23.1. The third kappa shape index (κ3) is 6.08. The van der Waals surface area contributed by atoms with Crippen molar-refractivity contribution in [2.24, 2.45) is 0 Å². The van der Waals surface area contributed by atoms with Gasteiger partial charge in [-0.1, -0.05) is 11.3 Å². The summed E-state index contributed by atoms with van der Waals surface area (Å²) in [5.41, 5.74) is 1.22. The van der Waals surface area contributed by atoms with Crippen molar-refractivity contribution >= 4 is 40.0 Å². The Morgan fingerprint density at radius 2 is 1.79 bits per heavy atom. The van der Waals surface area contributed by atoms with Crippen molar-refractivity contribution in [1.29, 1.82) is 0 Å². The molecule has 0 spiro atoms. The number of methoxy groups -OCH3 is 3. The van der Waals surface area contributed by atoms with Crippen molar-refractivity contribution in [2.45, 2.75) is 45.1 Å². The van der Waals surface area contributed by atoms with Crippen molar-refractivity contribution in [3.8, 4) is 17.2 Å². The Kier molecular flexibility index (Phi) is 8.57. The molecule has 0 amide bonds. The number of aromatic nitrogens is 3. The summed E-state index contributed by atoms with van der Waals surface area (Å²) in [6.07, 6.45) is -1.39. The predicted octanol–water partition coefficient (Wildman–Crippen LogP) is 2.64. The van der Waals surface area contributed by atoms with E-state index in [-0.39, 0.29) is 10.8 Å². The predicted molar refractivity (Wildman–Crippen MR) is 146 cm³/mol. The van der Waals surface area contributed by atoms with Gasteiger partial charge in [0.2, 0.25) is 11.7 Å². The van der Waals surface area contributed by atoms with E-state index in [1.54, 1.807) is 27.2 Å². The van der Waals surface area contributed by atoms with Crippen LogP contribution in [0, 0.1) is 6.92 Å². The Labute approximate surface area is 229 Å². The quantitative estimate of drug-likeness (QED) is 0.245. The first-order valence-corrected chi connectivity index (χ1v) is 13.0. The van der Waals surface area contributed by atoms with Gasteiger partial charge in [-0.25, -0.2) is 9.78 Å². The highest BCUT2D eigenvalue weighted by Gasteiger charge is 2.34. The lowest BCUT2D eigenvalue weighted by atomic mass is 9.97. The van der Waals surface area contributed by atoms with E-state index in [2.05, 4.69) is 25.6 Å². The highest BCUT2D eigenvalue weighted by atomic mass is 32.1. The molecule has 0 bridgehead atoms. The summed E-state index contributed by atoms with van der Waals surface area (Å²) in [6, 6.07) is 5.00. The zero-order valence-electron chi connectivity index (χ0n) is 22.3. The van der Waals surface area contributed by atoms with Gasteiger partial charge in [-0.3, -0.25) is 5.32 Å². The van der Waals surface area contributed by atoms with Gasteiger partial charge in [0, 0.05) is 19.2 Å². The Morgan fingerprint density at radius 1 is 1.10 bits per heavy atom. The first-order chi connectivity index (χ1) is 18.6. The molecule has 3 atom stereocenters. The zero-order chi connectivity index (χ0) is 28.3. The number of carboxylic acid groups (broad SMARTS) is 1. The summed E-state index contributed by atoms with van der Waals surface area (Å²) in [4.78, 5) is 26.9. The molecule has 0 saturated carbocycles. The summed E-state index contributed by atoms with van der Waals surface area (Å²) >= 11 is 0.984. The van der Waals surface area contributed by atoms with Gasteiger partial charge in [0.15, 0.2) is 16.6 Å². The number of nitrogens with one attached hydrogen (secondary N) is 2. The molecular weight excluding hydrogens is 528 g/mol. The monoisotopic (exact) mass is 560 g/mol. The molecule has 5 N–H and O–H groups in total. The SMILES string of the molecule is COc1cc(CNc2cc(N3CCC(O)C(O)C3C)nc(Nc3nc(C)c(C(=O)O)s3)n2)cc(OC)c1OC. The fourth-order valence-electron chi connectivity index (χ4n) is 4.38. The van der Waals surface area contributed by atoms with Crippen molar-refractivity contribution in [1.82, 2.24) is 15.0 Å². The molecule has 1 aliphatic heterocycles. The second kappa shape index (κ2) is 11.9. The van der Waals surface area contributed by atoms with Gasteiger partial charge in [-0.2, -0.15) is 9.97 Å². The van der Waals surface area contributed by atoms with E-state index >= 15 is 0 Å². The van der Waals surface area contributed by atoms with Crippen LogP contribution in [0.25, 0.3) is 0 Å². The van der Waals surface area contributed by atoms with Gasteiger partial charge in [0.1, 0.15) is 16.5 Å². The van der Waals surface area contributed by atoms with Gasteiger partial charge in [0.05, 0.1) is 45.3 Å². The van der Waals surface area contributed by atoms with E-state index in [0.29, 0.717) is 59.2 Å². The average molecular weight is 561 g/mol. The second-order valence-corrected chi connectivity index (χ2v) is 9.97. The van der Waals surface area contributed by atoms with Crippen LogP contribution < -0.4 is 29.7 Å². The van der Waals surface area contributed by atoms with Crippen molar-refractivity contribution in [2.75, 3.05) is 43.4 Å². The smallest absolute Gasteiger partial charge is 0.347 e. The first-order valence-electron chi connectivity index (χ1n) is 12.2. The molecule has 14 heteroatoms. The van der Waals surface area contributed by atoms with E-state index in [1.165, 1.54) is 7.11 Å². The molecule has 0 aliphatic carbocycles. The maximum Gasteiger partial charge on any atom is 0.347 e. The number of aliphatic hydroxyl groups excluding tert-OH is 2. The molecule has 3 aromatic rings. The number of anilines is 4. The molecule has 1 saturated heterocycles. The maximum absolute atomic E-state index is 11.5. The van der Waals surface area contributed by atoms with Crippen LogP contribution in [0.4, 0.5) is 22.7 Å². The van der Waals surface area contributed by atoms with Gasteiger partial charge >= 0.3 is 5.97 Å². The molecule has 210 valence electrons. The van der Waals surface area contributed by atoms with E-state index < -0.39 is 24.2 Å². The highest BCUT2D eigenvalue weighted by Crippen LogP contribution is 2.38. The number of carboxylic acids is 1. The topological polar surface area (TPSA) is 171 Å². The summed E-state index contributed by atoms with van der Waals surface area (Å²) < 4.78 is 16.3. The average Bonchev–Trinajstić information content (AvgIpc) is 3.29. The number of thiazole rings is 1. The molecule has 1 fully saturated rings. The number of aryl methyl sites for hydroxylation is 1.